The number of phenolic OH excluding ortho intramolecular Hbond substituents is 1. The van der Waals surface area contributed by atoms with Crippen LogP contribution in [0, 0.1) is 0 Å². The summed E-state index contributed by atoms with van der Waals surface area (Å²) in [6, 6.07) is 19.0. The lowest BCUT2D eigenvalue weighted by molar-refractivity contribution is 0.0697. The number of benzene rings is 2. The number of aromatic carboxylic acids is 1. The van der Waals surface area contributed by atoms with Gasteiger partial charge in [-0.1, -0.05) is 36.4 Å². The Balaban J connectivity index is 1.83. The third kappa shape index (κ3) is 3.35. The van der Waals surface area contributed by atoms with Crippen molar-refractivity contribution in [2.45, 2.75) is 6.04 Å². The maximum atomic E-state index is 11.2. The summed E-state index contributed by atoms with van der Waals surface area (Å²) in [6.45, 7) is 0. The molecule has 1 atom stereocenters. The zero-order chi connectivity index (χ0) is 19.5. The van der Waals surface area contributed by atoms with Crippen molar-refractivity contribution in [1.82, 2.24) is 9.97 Å². The van der Waals surface area contributed by atoms with Crippen molar-refractivity contribution >= 4 is 22.7 Å². The fraction of sp³-hybridized carbons (Fsp3) is 0.0455. The molecule has 3 N–H and O–H groups in total. The molecule has 0 saturated heterocycles. The maximum absolute atomic E-state index is 11.2. The Hall–Kier alpha value is -3.93. The number of rotatable bonds is 5. The lowest BCUT2D eigenvalue weighted by Gasteiger charge is -2.22. The predicted molar refractivity (Wildman–Crippen MR) is 107 cm³/mol. The second-order valence-electron chi connectivity index (χ2n) is 6.30. The van der Waals surface area contributed by atoms with Gasteiger partial charge in [-0.15, -0.1) is 0 Å². The number of nitrogens with zero attached hydrogens (tertiary/aromatic N) is 2. The van der Waals surface area contributed by atoms with Gasteiger partial charge < -0.3 is 15.5 Å². The quantitative estimate of drug-likeness (QED) is 0.486. The third-order valence-electron chi connectivity index (χ3n) is 4.54. The molecule has 0 saturated carbocycles. The van der Waals surface area contributed by atoms with Crippen LogP contribution < -0.4 is 5.32 Å². The first-order valence-corrected chi connectivity index (χ1v) is 8.71. The van der Waals surface area contributed by atoms with Crippen molar-refractivity contribution in [2.75, 3.05) is 5.32 Å². The molecule has 0 fully saturated rings. The normalized spacial score (nSPS) is 11.9. The summed E-state index contributed by atoms with van der Waals surface area (Å²) in [4.78, 5) is 19.8. The summed E-state index contributed by atoms with van der Waals surface area (Å²) >= 11 is 0. The molecule has 0 aliphatic carbocycles. The standard InChI is InChI=1S/C22H17N3O3/c26-21-17(11-10-14-4-3-13-24-20(14)21)19(25-18-5-1-2-12-23-18)15-6-8-16(9-7-15)22(27)28/h1-13,19,26H,(H,23,25)(H,27,28). The Bertz CT molecular complexity index is 1130. The Morgan fingerprint density at radius 2 is 1.68 bits per heavy atom. The number of aromatic hydroxyl groups is 1. The van der Waals surface area contributed by atoms with E-state index in [1.54, 1.807) is 36.7 Å². The highest BCUT2D eigenvalue weighted by molar-refractivity contribution is 5.88. The zero-order valence-corrected chi connectivity index (χ0v) is 14.8. The molecular weight excluding hydrogens is 354 g/mol. The molecule has 0 radical (unpaired) electrons. The predicted octanol–water partition coefficient (Wildman–Crippen LogP) is 4.24. The van der Waals surface area contributed by atoms with Crippen molar-refractivity contribution in [1.29, 1.82) is 0 Å². The number of nitrogens with one attached hydrogen (secondary N) is 1. The number of phenols is 1. The van der Waals surface area contributed by atoms with Crippen molar-refractivity contribution in [3.63, 3.8) is 0 Å². The fourth-order valence-electron chi connectivity index (χ4n) is 3.13. The maximum Gasteiger partial charge on any atom is 0.335 e. The van der Waals surface area contributed by atoms with E-state index < -0.39 is 12.0 Å². The van der Waals surface area contributed by atoms with E-state index in [0.717, 1.165) is 10.9 Å². The lowest BCUT2D eigenvalue weighted by Crippen LogP contribution is -2.14. The van der Waals surface area contributed by atoms with Crippen LogP contribution in [0.15, 0.2) is 79.1 Å². The molecule has 138 valence electrons. The number of anilines is 1. The van der Waals surface area contributed by atoms with E-state index in [0.29, 0.717) is 16.9 Å². The van der Waals surface area contributed by atoms with Gasteiger partial charge in [0.1, 0.15) is 17.1 Å². The first kappa shape index (κ1) is 17.5. The molecule has 0 aliphatic rings. The number of carboxylic acid groups (broad SMARTS) is 1. The van der Waals surface area contributed by atoms with Gasteiger partial charge in [0.05, 0.1) is 11.6 Å². The zero-order valence-electron chi connectivity index (χ0n) is 14.8. The minimum atomic E-state index is -0.987. The van der Waals surface area contributed by atoms with E-state index in [-0.39, 0.29) is 11.3 Å². The molecule has 2 heterocycles. The highest BCUT2D eigenvalue weighted by Crippen LogP contribution is 2.36. The minimum Gasteiger partial charge on any atom is -0.505 e. The second-order valence-corrected chi connectivity index (χ2v) is 6.30. The van der Waals surface area contributed by atoms with E-state index >= 15 is 0 Å². The van der Waals surface area contributed by atoms with Crippen LogP contribution in [-0.2, 0) is 0 Å². The molecule has 0 spiro atoms. The van der Waals surface area contributed by atoms with Gasteiger partial charge in [-0.2, -0.15) is 0 Å². The number of hydrogen-bond acceptors (Lipinski definition) is 5. The van der Waals surface area contributed by atoms with Crippen LogP contribution in [0.1, 0.15) is 27.5 Å². The first-order valence-electron chi connectivity index (χ1n) is 8.71. The van der Waals surface area contributed by atoms with E-state index in [4.69, 9.17) is 5.11 Å². The smallest absolute Gasteiger partial charge is 0.335 e. The molecular formula is C22H17N3O3. The van der Waals surface area contributed by atoms with Crippen LogP contribution >= 0.6 is 0 Å². The van der Waals surface area contributed by atoms with Crippen LogP contribution in [-0.4, -0.2) is 26.2 Å². The summed E-state index contributed by atoms with van der Waals surface area (Å²) in [5.41, 5.74) is 2.13. The number of aromatic nitrogens is 2. The molecule has 4 rings (SSSR count). The average Bonchev–Trinajstić information content (AvgIpc) is 2.74. The SMILES string of the molecule is O=C(O)c1ccc(C(Nc2ccccn2)c2ccc3cccnc3c2O)cc1. The topological polar surface area (TPSA) is 95.3 Å². The van der Waals surface area contributed by atoms with Gasteiger partial charge in [-0.05, 0) is 35.9 Å². The Morgan fingerprint density at radius 1 is 0.893 bits per heavy atom. The molecule has 1 unspecified atom stereocenters. The highest BCUT2D eigenvalue weighted by atomic mass is 16.4. The molecule has 6 heteroatoms. The number of hydrogen-bond donors (Lipinski definition) is 3. The number of carbonyl (C=O) groups is 1. The van der Waals surface area contributed by atoms with Crippen LogP contribution in [0.2, 0.25) is 0 Å². The van der Waals surface area contributed by atoms with Gasteiger partial charge in [0.2, 0.25) is 0 Å². The number of pyridine rings is 2. The second kappa shape index (κ2) is 7.36. The minimum absolute atomic E-state index is 0.0776. The summed E-state index contributed by atoms with van der Waals surface area (Å²) in [7, 11) is 0. The van der Waals surface area contributed by atoms with E-state index in [2.05, 4.69) is 15.3 Å². The average molecular weight is 371 g/mol. The largest absolute Gasteiger partial charge is 0.505 e. The molecule has 6 nitrogen and oxygen atoms in total. The summed E-state index contributed by atoms with van der Waals surface area (Å²) in [5.74, 6) is -0.275. The van der Waals surface area contributed by atoms with Gasteiger partial charge >= 0.3 is 5.97 Å². The van der Waals surface area contributed by atoms with Crippen LogP contribution in [0.4, 0.5) is 5.82 Å². The van der Waals surface area contributed by atoms with E-state index in [1.807, 2.05) is 42.5 Å². The fourth-order valence-corrected chi connectivity index (χ4v) is 3.13. The van der Waals surface area contributed by atoms with E-state index in [9.17, 15) is 9.90 Å². The van der Waals surface area contributed by atoms with Crippen LogP contribution in [0.5, 0.6) is 5.75 Å². The summed E-state index contributed by atoms with van der Waals surface area (Å²) in [5, 5.41) is 24.2. The number of fused-ring (bicyclic) bond motifs is 1. The Morgan fingerprint density at radius 3 is 2.39 bits per heavy atom. The molecule has 0 amide bonds. The Kier molecular flexibility index (Phi) is 4.60. The van der Waals surface area contributed by atoms with Gasteiger partial charge in [0, 0.05) is 23.3 Å². The lowest BCUT2D eigenvalue weighted by atomic mass is 9.95. The number of carboxylic acids is 1. The van der Waals surface area contributed by atoms with Crippen molar-refractivity contribution in [3.8, 4) is 5.75 Å². The molecule has 2 aromatic carbocycles. The van der Waals surface area contributed by atoms with Gasteiger partial charge in [-0.25, -0.2) is 9.78 Å². The van der Waals surface area contributed by atoms with Crippen molar-refractivity contribution < 1.29 is 15.0 Å². The summed E-state index contributed by atoms with van der Waals surface area (Å²) in [6.07, 6.45) is 3.31. The van der Waals surface area contributed by atoms with Gasteiger partial charge in [0.25, 0.3) is 0 Å². The van der Waals surface area contributed by atoms with E-state index in [1.165, 1.54) is 0 Å². The van der Waals surface area contributed by atoms with Crippen molar-refractivity contribution in [2.24, 2.45) is 0 Å². The summed E-state index contributed by atoms with van der Waals surface area (Å²) < 4.78 is 0. The molecule has 0 bridgehead atoms. The highest BCUT2D eigenvalue weighted by Gasteiger charge is 2.20. The van der Waals surface area contributed by atoms with Crippen LogP contribution in [0.25, 0.3) is 10.9 Å². The molecule has 4 aromatic rings. The van der Waals surface area contributed by atoms with Crippen LogP contribution in [0.3, 0.4) is 0 Å². The molecule has 28 heavy (non-hydrogen) atoms. The Labute approximate surface area is 161 Å². The molecule has 0 aliphatic heterocycles. The van der Waals surface area contributed by atoms with Gasteiger partial charge in [-0.3, -0.25) is 4.98 Å². The van der Waals surface area contributed by atoms with Crippen molar-refractivity contribution in [3.05, 3.63) is 95.8 Å². The third-order valence-corrected chi connectivity index (χ3v) is 4.54. The van der Waals surface area contributed by atoms with Gasteiger partial charge in [0.15, 0.2) is 0 Å². The monoisotopic (exact) mass is 371 g/mol. The molecule has 2 aromatic heterocycles. The first-order chi connectivity index (χ1) is 13.6.